The highest BCUT2D eigenvalue weighted by molar-refractivity contribution is 5.83. The molecule has 0 saturated carbocycles. The third kappa shape index (κ3) is 4.55. The van der Waals surface area contributed by atoms with Crippen LogP contribution in [-0.2, 0) is 0 Å². The lowest BCUT2D eigenvalue weighted by atomic mass is 10.0. The van der Waals surface area contributed by atoms with E-state index in [1.54, 1.807) is 0 Å². The molecule has 0 heterocycles. The van der Waals surface area contributed by atoms with E-state index >= 15 is 0 Å². The van der Waals surface area contributed by atoms with Gasteiger partial charge in [0.25, 0.3) is 0 Å². The van der Waals surface area contributed by atoms with E-state index in [4.69, 9.17) is 0 Å². The van der Waals surface area contributed by atoms with Crippen LogP contribution in [0.15, 0.2) is 42.5 Å². The van der Waals surface area contributed by atoms with Crippen LogP contribution in [0.5, 0.6) is 0 Å². The van der Waals surface area contributed by atoms with Gasteiger partial charge in [0.1, 0.15) is 0 Å². The first kappa shape index (κ1) is 16.0. The van der Waals surface area contributed by atoms with Crippen molar-refractivity contribution < 1.29 is 0 Å². The molecule has 1 atom stereocenters. The summed E-state index contributed by atoms with van der Waals surface area (Å²) >= 11 is 0. The number of rotatable bonds is 8. The third-order valence-corrected chi connectivity index (χ3v) is 4.01. The SMILES string of the molecule is CCCCN(C)CC(NCC)c1ccc2ccccc2c1. The second kappa shape index (κ2) is 8.16. The standard InChI is InChI=1S/C19H28N2/c1-4-6-13-21(3)15-19(20-5-2)18-12-11-16-9-7-8-10-17(16)14-18/h7-12,14,19-20H,4-6,13,15H2,1-3H3. The van der Waals surface area contributed by atoms with Crippen molar-refractivity contribution >= 4 is 10.8 Å². The molecule has 0 aliphatic heterocycles. The van der Waals surface area contributed by atoms with E-state index in [9.17, 15) is 0 Å². The zero-order chi connectivity index (χ0) is 15.1. The van der Waals surface area contributed by atoms with E-state index in [0.717, 1.165) is 13.1 Å². The van der Waals surface area contributed by atoms with Gasteiger partial charge >= 0.3 is 0 Å². The molecule has 2 rings (SSSR count). The lowest BCUT2D eigenvalue weighted by Gasteiger charge is -2.25. The molecule has 0 bridgehead atoms. The summed E-state index contributed by atoms with van der Waals surface area (Å²) in [5.41, 5.74) is 1.39. The zero-order valence-electron chi connectivity index (χ0n) is 13.6. The van der Waals surface area contributed by atoms with Gasteiger partial charge in [0.15, 0.2) is 0 Å². The molecular weight excluding hydrogens is 256 g/mol. The fraction of sp³-hybridized carbons (Fsp3) is 0.474. The molecule has 2 aromatic carbocycles. The molecule has 2 nitrogen and oxygen atoms in total. The molecule has 0 spiro atoms. The van der Waals surface area contributed by atoms with E-state index in [0.29, 0.717) is 6.04 Å². The van der Waals surface area contributed by atoms with Crippen LogP contribution < -0.4 is 5.32 Å². The molecule has 114 valence electrons. The van der Waals surface area contributed by atoms with Crippen LogP contribution in [0.2, 0.25) is 0 Å². The molecule has 0 radical (unpaired) electrons. The van der Waals surface area contributed by atoms with Crippen molar-refractivity contribution in [2.24, 2.45) is 0 Å². The maximum Gasteiger partial charge on any atom is 0.0449 e. The Morgan fingerprint density at radius 3 is 2.52 bits per heavy atom. The average molecular weight is 284 g/mol. The Balaban J connectivity index is 2.15. The van der Waals surface area contributed by atoms with Crippen LogP contribution >= 0.6 is 0 Å². The van der Waals surface area contributed by atoms with Crippen LogP contribution in [-0.4, -0.2) is 31.6 Å². The minimum atomic E-state index is 0.404. The molecular formula is C19H28N2. The predicted molar refractivity (Wildman–Crippen MR) is 92.8 cm³/mol. The first-order valence-electron chi connectivity index (χ1n) is 8.15. The number of hydrogen-bond acceptors (Lipinski definition) is 2. The lowest BCUT2D eigenvalue weighted by molar-refractivity contribution is 0.288. The summed E-state index contributed by atoms with van der Waals surface area (Å²) in [6, 6.07) is 15.8. The van der Waals surface area contributed by atoms with Crippen molar-refractivity contribution in [3.63, 3.8) is 0 Å². The topological polar surface area (TPSA) is 15.3 Å². The predicted octanol–water partition coefficient (Wildman–Crippen LogP) is 4.22. The van der Waals surface area contributed by atoms with E-state index < -0.39 is 0 Å². The summed E-state index contributed by atoms with van der Waals surface area (Å²) in [4.78, 5) is 2.44. The first-order valence-corrected chi connectivity index (χ1v) is 8.15. The Labute approximate surface area is 129 Å². The molecule has 1 unspecified atom stereocenters. The molecule has 1 N–H and O–H groups in total. The molecule has 2 aromatic rings. The Morgan fingerprint density at radius 2 is 1.81 bits per heavy atom. The number of fused-ring (bicyclic) bond motifs is 1. The average Bonchev–Trinajstić information content (AvgIpc) is 2.52. The maximum absolute atomic E-state index is 3.63. The van der Waals surface area contributed by atoms with Gasteiger partial charge in [-0.15, -0.1) is 0 Å². The summed E-state index contributed by atoms with van der Waals surface area (Å²) < 4.78 is 0. The Kier molecular flexibility index (Phi) is 6.21. The highest BCUT2D eigenvalue weighted by Crippen LogP contribution is 2.21. The molecule has 21 heavy (non-hydrogen) atoms. The molecule has 0 saturated heterocycles. The van der Waals surface area contributed by atoms with Gasteiger partial charge in [-0.3, -0.25) is 0 Å². The summed E-state index contributed by atoms with van der Waals surface area (Å²) in [7, 11) is 2.22. The van der Waals surface area contributed by atoms with Gasteiger partial charge in [-0.2, -0.15) is 0 Å². The smallest absolute Gasteiger partial charge is 0.0449 e. The van der Waals surface area contributed by atoms with Crippen molar-refractivity contribution in [1.29, 1.82) is 0 Å². The molecule has 0 aliphatic carbocycles. The second-order valence-corrected chi connectivity index (χ2v) is 5.83. The van der Waals surface area contributed by atoms with Crippen molar-refractivity contribution in [1.82, 2.24) is 10.2 Å². The Hall–Kier alpha value is -1.38. The number of unbranched alkanes of at least 4 members (excludes halogenated alkanes) is 1. The fourth-order valence-corrected chi connectivity index (χ4v) is 2.79. The third-order valence-electron chi connectivity index (χ3n) is 4.01. The maximum atomic E-state index is 3.63. The van der Waals surface area contributed by atoms with Crippen molar-refractivity contribution in [2.45, 2.75) is 32.7 Å². The van der Waals surface area contributed by atoms with Gasteiger partial charge < -0.3 is 10.2 Å². The van der Waals surface area contributed by atoms with Crippen molar-refractivity contribution in [3.05, 3.63) is 48.0 Å². The van der Waals surface area contributed by atoms with Crippen LogP contribution in [0.3, 0.4) is 0 Å². The van der Waals surface area contributed by atoms with Crippen molar-refractivity contribution in [3.8, 4) is 0 Å². The van der Waals surface area contributed by atoms with E-state index in [2.05, 4.69) is 73.6 Å². The minimum Gasteiger partial charge on any atom is -0.309 e. The van der Waals surface area contributed by atoms with Gasteiger partial charge in [-0.1, -0.05) is 56.7 Å². The number of hydrogen-bond donors (Lipinski definition) is 1. The minimum absolute atomic E-state index is 0.404. The second-order valence-electron chi connectivity index (χ2n) is 5.83. The Morgan fingerprint density at radius 1 is 1.05 bits per heavy atom. The molecule has 0 amide bonds. The van der Waals surface area contributed by atoms with Gasteiger partial charge in [0.2, 0.25) is 0 Å². The Bertz CT molecular complexity index is 550. The van der Waals surface area contributed by atoms with Crippen molar-refractivity contribution in [2.75, 3.05) is 26.7 Å². The molecule has 2 heteroatoms. The molecule has 0 fully saturated rings. The van der Waals surface area contributed by atoms with Gasteiger partial charge in [0.05, 0.1) is 0 Å². The summed E-state index contributed by atoms with van der Waals surface area (Å²) in [6.07, 6.45) is 2.53. The monoisotopic (exact) mass is 284 g/mol. The van der Waals surface area contributed by atoms with Crippen LogP contribution in [0.1, 0.15) is 38.3 Å². The summed E-state index contributed by atoms with van der Waals surface area (Å²) in [5.74, 6) is 0. The van der Waals surface area contributed by atoms with Gasteiger partial charge in [-0.25, -0.2) is 0 Å². The van der Waals surface area contributed by atoms with Crippen LogP contribution in [0.4, 0.5) is 0 Å². The number of nitrogens with one attached hydrogen (secondary N) is 1. The number of benzene rings is 2. The molecule has 0 aliphatic rings. The highest BCUT2D eigenvalue weighted by Gasteiger charge is 2.13. The van der Waals surface area contributed by atoms with E-state index in [1.165, 1.54) is 35.7 Å². The first-order chi connectivity index (χ1) is 10.2. The van der Waals surface area contributed by atoms with Gasteiger partial charge in [-0.05, 0) is 49.0 Å². The van der Waals surface area contributed by atoms with Crippen LogP contribution in [0, 0.1) is 0 Å². The quantitative estimate of drug-likeness (QED) is 0.780. The number of likely N-dealkylation sites (N-methyl/N-ethyl adjacent to an activating group) is 2. The zero-order valence-corrected chi connectivity index (χ0v) is 13.6. The van der Waals surface area contributed by atoms with Gasteiger partial charge in [0, 0.05) is 12.6 Å². The summed E-state index contributed by atoms with van der Waals surface area (Å²) in [6.45, 7) is 7.66. The van der Waals surface area contributed by atoms with E-state index in [1.807, 2.05) is 0 Å². The van der Waals surface area contributed by atoms with E-state index in [-0.39, 0.29) is 0 Å². The van der Waals surface area contributed by atoms with Crippen LogP contribution in [0.25, 0.3) is 10.8 Å². The fourth-order valence-electron chi connectivity index (χ4n) is 2.79. The normalized spacial score (nSPS) is 13.0. The molecule has 0 aromatic heterocycles. The highest BCUT2D eigenvalue weighted by atomic mass is 15.1. The largest absolute Gasteiger partial charge is 0.309 e. The lowest BCUT2D eigenvalue weighted by Crippen LogP contribution is -2.33. The summed E-state index contributed by atoms with van der Waals surface area (Å²) in [5, 5.41) is 6.27. The number of nitrogens with zero attached hydrogens (tertiary/aromatic N) is 1.